The summed E-state index contributed by atoms with van der Waals surface area (Å²) in [5.41, 5.74) is 0. The first kappa shape index (κ1) is 14.4. The maximum absolute atomic E-state index is 11.5. The van der Waals surface area contributed by atoms with Gasteiger partial charge in [-0.3, -0.25) is 10.1 Å². The Morgan fingerprint density at radius 2 is 2.28 bits per heavy atom. The van der Waals surface area contributed by atoms with Gasteiger partial charge in [0, 0.05) is 24.0 Å². The van der Waals surface area contributed by atoms with Gasteiger partial charge in [0.05, 0.1) is 0 Å². The van der Waals surface area contributed by atoms with Crippen LogP contribution in [0.1, 0.15) is 24.6 Å². The molecule has 6 nitrogen and oxygen atoms in total. The molecular weight excluding hydrogens is 254 g/mol. The van der Waals surface area contributed by atoms with Crippen LogP contribution in [0.4, 0.5) is 9.93 Å². The molecule has 0 fully saturated rings. The van der Waals surface area contributed by atoms with E-state index in [4.69, 9.17) is 5.11 Å². The summed E-state index contributed by atoms with van der Waals surface area (Å²) in [6.07, 6.45) is 2.36. The van der Waals surface area contributed by atoms with Crippen LogP contribution in [0.25, 0.3) is 0 Å². The van der Waals surface area contributed by atoms with Crippen LogP contribution >= 0.6 is 11.3 Å². The quantitative estimate of drug-likeness (QED) is 0.738. The van der Waals surface area contributed by atoms with Crippen LogP contribution in [0.15, 0.2) is 6.20 Å². The number of carbonyl (C=O) groups excluding carboxylic acids is 1. The van der Waals surface area contributed by atoms with Crippen LogP contribution in [-0.4, -0.2) is 28.6 Å². The molecule has 0 saturated heterocycles. The Morgan fingerprint density at radius 3 is 2.83 bits per heavy atom. The second-order valence-corrected chi connectivity index (χ2v) is 5.38. The Hall–Kier alpha value is -1.63. The number of amides is 2. The molecule has 1 aromatic heterocycles. The lowest BCUT2D eigenvalue weighted by atomic mass is 10.1. The molecule has 0 radical (unpaired) electrons. The van der Waals surface area contributed by atoms with E-state index in [-0.39, 0.29) is 18.4 Å². The van der Waals surface area contributed by atoms with Gasteiger partial charge >= 0.3 is 12.0 Å². The van der Waals surface area contributed by atoms with E-state index in [0.29, 0.717) is 18.1 Å². The van der Waals surface area contributed by atoms with Crippen molar-refractivity contribution in [3.8, 4) is 0 Å². The topological polar surface area (TPSA) is 91.3 Å². The summed E-state index contributed by atoms with van der Waals surface area (Å²) in [6.45, 7) is 4.26. The van der Waals surface area contributed by atoms with E-state index < -0.39 is 5.97 Å². The standard InChI is InChI=1S/C11H17N3O3S/c1-7(3-4-9(15)16)5-12-10(17)14-11-13-6-8(2)18-11/h6-7H,3-5H2,1-2H3,(H,15,16)(H2,12,13,14,17). The molecule has 3 N–H and O–H groups in total. The summed E-state index contributed by atoms with van der Waals surface area (Å²) in [5.74, 6) is -0.686. The first-order chi connectivity index (χ1) is 8.47. The molecule has 1 aromatic rings. The lowest BCUT2D eigenvalue weighted by molar-refractivity contribution is -0.137. The summed E-state index contributed by atoms with van der Waals surface area (Å²) < 4.78 is 0. The number of aromatic nitrogens is 1. The smallest absolute Gasteiger partial charge is 0.321 e. The molecule has 0 aliphatic heterocycles. The van der Waals surface area contributed by atoms with Gasteiger partial charge in [-0.1, -0.05) is 6.92 Å². The molecule has 0 aromatic carbocycles. The fraction of sp³-hybridized carbons (Fsp3) is 0.545. The van der Waals surface area contributed by atoms with Crippen LogP contribution in [-0.2, 0) is 4.79 Å². The highest BCUT2D eigenvalue weighted by atomic mass is 32.1. The van der Waals surface area contributed by atoms with Gasteiger partial charge in [-0.15, -0.1) is 11.3 Å². The van der Waals surface area contributed by atoms with Gasteiger partial charge in [-0.05, 0) is 19.3 Å². The summed E-state index contributed by atoms with van der Waals surface area (Å²) in [7, 11) is 0. The van der Waals surface area contributed by atoms with Crippen LogP contribution < -0.4 is 10.6 Å². The van der Waals surface area contributed by atoms with Crippen molar-refractivity contribution in [2.45, 2.75) is 26.7 Å². The second kappa shape index (κ2) is 6.95. The van der Waals surface area contributed by atoms with Gasteiger partial charge in [-0.25, -0.2) is 9.78 Å². The lowest BCUT2D eigenvalue weighted by Crippen LogP contribution is -2.32. The first-order valence-electron chi connectivity index (χ1n) is 5.66. The monoisotopic (exact) mass is 271 g/mol. The minimum Gasteiger partial charge on any atom is -0.481 e. The van der Waals surface area contributed by atoms with Crippen molar-refractivity contribution >= 4 is 28.5 Å². The summed E-state index contributed by atoms with van der Waals surface area (Å²) >= 11 is 1.40. The Labute approximate surface area is 109 Å². The minimum absolute atomic E-state index is 0.121. The van der Waals surface area contributed by atoms with E-state index in [0.717, 1.165) is 4.88 Å². The fourth-order valence-electron chi connectivity index (χ4n) is 1.29. The van der Waals surface area contributed by atoms with Gasteiger partial charge in [0.1, 0.15) is 0 Å². The number of hydrogen-bond acceptors (Lipinski definition) is 4. The zero-order valence-electron chi connectivity index (χ0n) is 10.4. The number of aliphatic carboxylic acids is 1. The molecule has 0 saturated carbocycles. The van der Waals surface area contributed by atoms with E-state index in [2.05, 4.69) is 15.6 Å². The van der Waals surface area contributed by atoms with Crippen LogP contribution in [0, 0.1) is 12.8 Å². The molecule has 18 heavy (non-hydrogen) atoms. The molecule has 1 unspecified atom stereocenters. The Morgan fingerprint density at radius 1 is 1.56 bits per heavy atom. The van der Waals surface area contributed by atoms with Crippen LogP contribution in [0.2, 0.25) is 0 Å². The van der Waals surface area contributed by atoms with Crippen molar-refractivity contribution in [3.05, 3.63) is 11.1 Å². The van der Waals surface area contributed by atoms with E-state index in [9.17, 15) is 9.59 Å². The summed E-state index contributed by atoms with van der Waals surface area (Å²) in [4.78, 5) is 26.9. The summed E-state index contributed by atoms with van der Waals surface area (Å²) in [5, 5.41) is 14.4. The van der Waals surface area contributed by atoms with Crippen molar-refractivity contribution in [2.75, 3.05) is 11.9 Å². The van der Waals surface area contributed by atoms with E-state index in [1.807, 2.05) is 13.8 Å². The Balaban J connectivity index is 2.22. The molecule has 0 aliphatic carbocycles. The number of nitrogens with one attached hydrogen (secondary N) is 2. The number of anilines is 1. The number of thiazole rings is 1. The molecule has 100 valence electrons. The third-order valence-corrected chi connectivity index (χ3v) is 3.13. The van der Waals surface area contributed by atoms with Crippen molar-refractivity contribution in [3.63, 3.8) is 0 Å². The molecular formula is C11H17N3O3S. The third-order valence-electron chi connectivity index (χ3n) is 2.30. The number of urea groups is 1. The zero-order chi connectivity index (χ0) is 13.5. The molecule has 2 amide bonds. The van der Waals surface area contributed by atoms with Gasteiger partial charge < -0.3 is 10.4 Å². The highest BCUT2D eigenvalue weighted by Crippen LogP contribution is 2.16. The molecule has 1 rings (SSSR count). The second-order valence-electron chi connectivity index (χ2n) is 4.15. The van der Waals surface area contributed by atoms with Gasteiger partial charge in [0.2, 0.25) is 0 Å². The highest BCUT2D eigenvalue weighted by Gasteiger charge is 2.08. The van der Waals surface area contributed by atoms with Gasteiger partial charge in [0.25, 0.3) is 0 Å². The maximum Gasteiger partial charge on any atom is 0.321 e. The predicted octanol–water partition coefficient (Wildman–Crippen LogP) is 2.07. The number of aryl methyl sites for hydroxylation is 1. The van der Waals surface area contributed by atoms with Gasteiger partial charge in [0.15, 0.2) is 5.13 Å². The minimum atomic E-state index is -0.815. The summed E-state index contributed by atoms with van der Waals surface area (Å²) in [6, 6.07) is -0.313. The normalized spacial score (nSPS) is 11.9. The van der Waals surface area contributed by atoms with Crippen LogP contribution in [0.5, 0.6) is 0 Å². The Kier molecular flexibility index (Phi) is 5.57. The van der Waals surface area contributed by atoms with Crippen molar-refractivity contribution in [1.82, 2.24) is 10.3 Å². The fourth-order valence-corrected chi connectivity index (χ4v) is 1.95. The van der Waals surface area contributed by atoms with Crippen molar-refractivity contribution in [1.29, 1.82) is 0 Å². The average Bonchev–Trinajstić information content (AvgIpc) is 2.69. The molecule has 1 heterocycles. The number of nitrogens with zero attached hydrogens (tertiary/aromatic N) is 1. The maximum atomic E-state index is 11.5. The number of rotatable bonds is 6. The largest absolute Gasteiger partial charge is 0.481 e. The van der Waals surface area contributed by atoms with E-state index in [1.54, 1.807) is 6.20 Å². The zero-order valence-corrected chi connectivity index (χ0v) is 11.2. The Bertz CT molecular complexity index is 419. The number of carboxylic acids is 1. The van der Waals surface area contributed by atoms with E-state index in [1.165, 1.54) is 11.3 Å². The van der Waals surface area contributed by atoms with Crippen molar-refractivity contribution < 1.29 is 14.7 Å². The highest BCUT2D eigenvalue weighted by molar-refractivity contribution is 7.15. The SMILES string of the molecule is Cc1cnc(NC(=O)NCC(C)CCC(=O)O)s1. The molecule has 0 spiro atoms. The molecule has 1 atom stereocenters. The molecule has 7 heteroatoms. The average molecular weight is 271 g/mol. The van der Waals surface area contributed by atoms with Crippen molar-refractivity contribution in [2.24, 2.45) is 5.92 Å². The van der Waals surface area contributed by atoms with E-state index >= 15 is 0 Å². The third kappa shape index (κ3) is 5.62. The number of carboxylic acid groups (broad SMARTS) is 1. The lowest BCUT2D eigenvalue weighted by Gasteiger charge is -2.11. The number of carbonyl (C=O) groups is 2. The number of hydrogen-bond donors (Lipinski definition) is 3. The molecule has 0 bridgehead atoms. The predicted molar refractivity (Wildman–Crippen MR) is 69.9 cm³/mol. The van der Waals surface area contributed by atoms with Gasteiger partial charge in [-0.2, -0.15) is 0 Å². The molecule has 0 aliphatic rings. The van der Waals surface area contributed by atoms with Crippen LogP contribution in [0.3, 0.4) is 0 Å². The first-order valence-corrected chi connectivity index (χ1v) is 6.48.